The molecule has 0 aromatic heterocycles. The number of hydrogen-bond donors (Lipinski definition) is 2. The molecular formula is C11H22N2O3. The third-order valence-corrected chi connectivity index (χ3v) is 2.76. The second-order valence-corrected chi connectivity index (χ2v) is 4.07. The Morgan fingerprint density at radius 3 is 2.94 bits per heavy atom. The molecule has 5 heteroatoms. The summed E-state index contributed by atoms with van der Waals surface area (Å²) in [4.78, 5) is 11.7. The van der Waals surface area contributed by atoms with E-state index in [-0.39, 0.29) is 24.2 Å². The predicted molar refractivity (Wildman–Crippen MR) is 61.3 cm³/mol. The van der Waals surface area contributed by atoms with Crippen LogP contribution in [0.3, 0.4) is 0 Å². The number of nitrogens with one attached hydrogen (secondary N) is 2. The minimum atomic E-state index is -0.126. The van der Waals surface area contributed by atoms with Crippen LogP contribution in [0, 0.1) is 0 Å². The first-order chi connectivity index (χ1) is 7.67. The van der Waals surface area contributed by atoms with Crippen LogP contribution in [0.4, 0.5) is 0 Å². The maximum Gasteiger partial charge on any atom is 0.237 e. The lowest BCUT2D eigenvalue weighted by Crippen LogP contribution is -2.43. The molecule has 0 aromatic carbocycles. The molecule has 0 aromatic rings. The molecule has 2 N–H and O–H groups in total. The van der Waals surface area contributed by atoms with Gasteiger partial charge in [-0.3, -0.25) is 4.79 Å². The van der Waals surface area contributed by atoms with Crippen LogP contribution >= 0.6 is 0 Å². The fourth-order valence-corrected chi connectivity index (χ4v) is 1.79. The first-order valence-electron chi connectivity index (χ1n) is 5.82. The molecule has 3 atom stereocenters. The highest BCUT2D eigenvalue weighted by Gasteiger charge is 2.29. The van der Waals surface area contributed by atoms with Gasteiger partial charge in [0, 0.05) is 26.8 Å². The standard InChI is InChI=1S/C11H22N2O3/c1-4-16-8(2)6-13-11(14)10-5-9(15-3)7-12-10/h8-10,12H,4-7H2,1-3H3,(H,13,14). The zero-order valence-electron chi connectivity index (χ0n) is 10.3. The van der Waals surface area contributed by atoms with Crippen LogP contribution in [0.5, 0.6) is 0 Å². The Hall–Kier alpha value is -0.650. The summed E-state index contributed by atoms with van der Waals surface area (Å²) >= 11 is 0. The molecule has 5 nitrogen and oxygen atoms in total. The molecule has 1 rings (SSSR count). The molecule has 3 unspecified atom stereocenters. The zero-order chi connectivity index (χ0) is 12.0. The molecule has 0 aliphatic carbocycles. The molecule has 0 spiro atoms. The normalized spacial score (nSPS) is 26.7. The van der Waals surface area contributed by atoms with Crippen molar-refractivity contribution in [1.29, 1.82) is 0 Å². The van der Waals surface area contributed by atoms with Crippen LogP contribution < -0.4 is 10.6 Å². The quantitative estimate of drug-likeness (QED) is 0.669. The van der Waals surface area contributed by atoms with Gasteiger partial charge in [-0.25, -0.2) is 0 Å². The Morgan fingerprint density at radius 2 is 2.38 bits per heavy atom. The predicted octanol–water partition coefficient (Wildman–Crippen LogP) is -0.0955. The van der Waals surface area contributed by atoms with Crippen LogP contribution in [-0.4, -0.2) is 51.0 Å². The van der Waals surface area contributed by atoms with Crippen molar-refractivity contribution >= 4 is 5.91 Å². The van der Waals surface area contributed by atoms with E-state index in [9.17, 15) is 4.79 Å². The lowest BCUT2D eigenvalue weighted by atomic mass is 10.2. The smallest absolute Gasteiger partial charge is 0.237 e. The molecule has 1 aliphatic rings. The van der Waals surface area contributed by atoms with Gasteiger partial charge < -0.3 is 20.1 Å². The Morgan fingerprint density at radius 1 is 1.62 bits per heavy atom. The number of ether oxygens (including phenoxy) is 2. The van der Waals surface area contributed by atoms with Crippen LogP contribution in [0.2, 0.25) is 0 Å². The van der Waals surface area contributed by atoms with Crippen molar-refractivity contribution in [2.24, 2.45) is 0 Å². The highest BCUT2D eigenvalue weighted by molar-refractivity contribution is 5.82. The van der Waals surface area contributed by atoms with Gasteiger partial charge in [0.2, 0.25) is 5.91 Å². The maximum atomic E-state index is 11.7. The van der Waals surface area contributed by atoms with Gasteiger partial charge >= 0.3 is 0 Å². The number of rotatable bonds is 6. The fourth-order valence-electron chi connectivity index (χ4n) is 1.79. The summed E-state index contributed by atoms with van der Waals surface area (Å²) in [6.07, 6.45) is 0.958. The first-order valence-corrected chi connectivity index (χ1v) is 5.82. The van der Waals surface area contributed by atoms with Gasteiger partial charge in [0.1, 0.15) is 0 Å². The third-order valence-electron chi connectivity index (χ3n) is 2.76. The Bertz CT molecular complexity index is 223. The third kappa shape index (κ3) is 4.08. The van der Waals surface area contributed by atoms with E-state index < -0.39 is 0 Å². The highest BCUT2D eigenvalue weighted by atomic mass is 16.5. The number of hydrogen-bond acceptors (Lipinski definition) is 4. The molecule has 1 fully saturated rings. The summed E-state index contributed by atoms with van der Waals surface area (Å²) in [6.45, 7) is 5.87. The second kappa shape index (κ2) is 6.83. The molecule has 0 radical (unpaired) electrons. The van der Waals surface area contributed by atoms with Gasteiger partial charge in [0.25, 0.3) is 0 Å². The largest absolute Gasteiger partial charge is 0.380 e. The number of carbonyl (C=O) groups excluding carboxylic acids is 1. The fraction of sp³-hybridized carbons (Fsp3) is 0.909. The van der Waals surface area contributed by atoms with Gasteiger partial charge in [-0.2, -0.15) is 0 Å². The van der Waals surface area contributed by atoms with Crippen LogP contribution in [0.25, 0.3) is 0 Å². The molecule has 1 heterocycles. The lowest BCUT2D eigenvalue weighted by Gasteiger charge is -2.15. The van der Waals surface area contributed by atoms with E-state index in [0.717, 1.165) is 13.0 Å². The van der Waals surface area contributed by atoms with Crippen LogP contribution in [0.15, 0.2) is 0 Å². The van der Waals surface area contributed by atoms with Crippen molar-refractivity contribution in [2.75, 3.05) is 26.8 Å². The number of carbonyl (C=O) groups is 1. The SMILES string of the molecule is CCOC(C)CNC(=O)C1CC(OC)CN1. The second-order valence-electron chi connectivity index (χ2n) is 4.07. The number of methoxy groups -OCH3 is 1. The van der Waals surface area contributed by atoms with Gasteiger partial charge in [-0.15, -0.1) is 0 Å². The lowest BCUT2D eigenvalue weighted by molar-refractivity contribution is -0.123. The summed E-state index contributed by atoms with van der Waals surface area (Å²) in [5.74, 6) is 0.0334. The molecule has 0 saturated carbocycles. The summed E-state index contributed by atoms with van der Waals surface area (Å²) in [5, 5.41) is 6.01. The van der Waals surface area contributed by atoms with Crippen molar-refractivity contribution in [2.45, 2.75) is 38.5 Å². The molecule has 16 heavy (non-hydrogen) atoms. The monoisotopic (exact) mass is 230 g/mol. The van der Waals surface area contributed by atoms with Crippen molar-refractivity contribution in [3.05, 3.63) is 0 Å². The Labute approximate surface area is 96.9 Å². The molecule has 1 saturated heterocycles. The summed E-state index contributed by atoms with van der Waals surface area (Å²) in [6, 6.07) is -0.126. The summed E-state index contributed by atoms with van der Waals surface area (Å²) in [5.41, 5.74) is 0. The summed E-state index contributed by atoms with van der Waals surface area (Å²) in [7, 11) is 1.67. The molecule has 0 bridgehead atoms. The van der Waals surface area contributed by atoms with E-state index in [4.69, 9.17) is 9.47 Å². The Kier molecular flexibility index (Phi) is 5.73. The van der Waals surface area contributed by atoms with Gasteiger partial charge in [-0.1, -0.05) is 0 Å². The van der Waals surface area contributed by atoms with Crippen molar-refractivity contribution < 1.29 is 14.3 Å². The van der Waals surface area contributed by atoms with Gasteiger partial charge in [-0.05, 0) is 20.3 Å². The van der Waals surface area contributed by atoms with E-state index in [2.05, 4.69) is 10.6 Å². The van der Waals surface area contributed by atoms with E-state index in [1.807, 2.05) is 13.8 Å². The zero-order valence-corrected chi connectivity index (χ0v) is 10.3. The molecule has 94 valence electrons. The minimum absolute atomic E-state index is 0.0334. The van der Waals surface area contributed by atoms with Gasteiger partial charge in [0.05, 0.1) is 18.2 Å². The van der Waals surface area contributed by atoms with E-state index in [1.165, 1.54) is 0 Å². The van der Waals surface area contributed by atoms with E-state index in [1.54, 1.807) is 7.11 Å². The molecule has 1 aliphatic heterocycles. The van der Waals surface area contributed by atoms with Crippen molar-refractivity contribution in [3.8, 4) is 0 Å². The maximum absolute atomic E-state index is 11.7. The average molecular weight is 230 g/mol. The van der Waals surface area contributed by atoms with Crippen LogP contribution in [-0.2, 0) is 14.3 Å². The van der Waals surface area contributed by atoms with Crippen molar-refractivity contribution in [3.63, 3.8) is 0 Å². The van der Waals surface area contributed by atoms with Gasteiger partial charge in [0.15, 0.2) is 0 Å². The van der Waals surface area contributed by atoms with E-state index >= 15 is 0 Å². The topological polar surface area (TPSA) is 59.6 Å². The van der Waals surface area contributed by atoms with E-state index in [0.29, 0.717) is 13.2 Å². The first kappa shape index (κ1) is 13.4. The van der Waals surface area contributed by atoms with Crippen LogP contribution in [0.1, 0.15) is 20.3 Å². The number of amides is 1. The Balaban J connectivity index is 2.20. The summed E-state index contributed by atoms with van der Waals surface area (Å²) < 4.78 is 10.5. The highest BCUT2D eigenvalue weighted by Crippen LogP contribution is 2.09. The average Bonchev–Trinajstić information content (AvgIpc) is 2.75. The van der Waals surface area contributed by atoms with Crippen molar-refractivity contribution in [1.82, 2.24) is 10.6 Å². The molecule has 1 amide bonds. The molecular weight excluding hydrogens is 208 g/mol. The minimum Gasteiger partial charge on any atom is -0.380 e.